The predicted molar refractivity (Wildman–Crippen MR) is 68.4 cm³/mol. The summed E-state index contributed by atoms with van der Waals surface area (Å²) in [6, 6.07) is 1.78. The maximum atomic E-state index is 11.6. The van der Waals surface area contributed by atoms with Gasteiger partial charge in [-0.1, -0.05) is 19.8 Å². The van der Waals surface area contributed by atoms with Crippen molar-refractivity contribution in [1.82, 2.24) is 9.97 Å². The van der Waals surface area contributed by atoms with Crippen LogP contribution in [0.2, 0.25) is 0 Å². The fraction of sp³-hybridized carbons (Fsp3) is 0.615. The van der Waals surface area contributed by atoms with E-state index in [-0.39, 0.29) is 0 Å². The zero-order chi connectivity index (χ0) is 13.2. The Morgan fingerprint density at radius 1 is 1.56 bits per heavy atom. The molecule has 98 valence electrons. The number of carboxylic acid groups (broad SMARTS) is 1. The van der Waals surface area contributed by atoms with Crippen LogP contribution in [0.15, 0.2) is 12.4 Å². The van der Waals surface area contributed by atoms with E-state index in [4.69, 9.17) is 0 Å². The number of hydrogen-bond acceptors (Lipinski definition) is 4. The second-order valence-electron chi connectivity index (χ2n) is 5.26. The topological polar surface area (TPSA) is 75.1 Å². The minimum absolute atomic E-state index is 0.422. The molecule has 0 amide bonds. The molecule has 5 nitrogen and oxygen atoms in total. The minimum atomic E-state index is -0.877. The molecule has 1 saturated carbocycles. The minimum Gasteiger partial charge on any atom is -0.480 e. The molecule has 2 atom stereocenters. The van der Waals surface area contributed by atoms with Crippen LogP contribution in [-0.2, 0) is 4.79 Å². The summed E-state index contributed by atoms with van der Waals surface area (Å²) in [6.07, 6.45) is 4.78. The van der Waals surface area contributed by atoms with Crippen LogP contribution < -0.4 is 5.32 Å². The number of carboxylic acids is 1. The third kappa shape index (κ3) is 2.60. The maximum Gasteiger partial charge on any atom is 0.329 e. The molecule has 1 heterocycles. The normalized spacial score (nSPS) is 27.8. The first kappa shape index (κ1) is 12.8. The molecule has 2 rings (SSSR count). The van der Waals surface area contributed by atoms with Crippen LogP contribution in [-0.4, -0.2) is 26.6 Å². The molecule has 0 radical (unpaired) electrons. The largest absolute Gasteiger partial charge is 0.480 e. The van der Waals surface area contributed by atoms with Crippen molar-refractivity contribution in [3.63, 3.8) is 0 Å². The van der Waals surface area contributed by atoms with Gasteiger partial charge >= 0.3 is 5.97 Å². The fourth-order valence-electron chi connectivity index (χ4n) is 2.68. The summed E-state index contributed by atoms with van der Waals surface area (Å²) < 4.78 is 0. The highest BCUT2D eigenvalue weighted by Gasteiger charge is 2.42. The van der Waals surface area contributed by atoms with Crippen LogP contribution in [0.5, 0.6) is 0 Å². The Labute approximate surface area is 107 Å². The Kier molecular flexibility index (Phi) is 3.50. The van der Waals surface area contributed by atoms with Gasteiger partial charge in [-0.15, -0.1) is 0 Å². The van der Waals surface area contributed by atoms with Gasteiger partial charge in [-0.25, -0.2) is 14.8 Å². The number of nitrogens with zero attached hydrogens (tertiary/aromatic N) is 2. The molecule has 0 bridgehead atoms. The number of anilines is 1. The van der Waals surface area contributed by atoms with Crippen LogP contribution in [0, 0.1) is 12.8 Å². The van der Waals surface area contributed by atoms with Gasteiger partial charge in [0.2, 0.25) is 0 Å². The van der Waals surface area contributed by atoms with Gasteiger partial charge in [0.05, 0.1) is 0 Å². The Balaban J connectivity index is 2.23. The van der Waals surface area contributed by atoms with Crippen LogP contribution >= 0.6 is 0 Å². The van der Waals surface area contributed by atoms with E-state index in [1.807, 2.05) is 6.92 Å². The highest BCUT2D eigenvalue weighted by Crippen LogP contribution is 2.34. The molecular weight excluding hydrogens is 230 g/mol. The third-order valence-corrected chi connectivity index (χ3v) is 3.58. The highest BCUT2D eigenvalue weighted by atomic mass is 16.4. The Hall–Kier alpha value is -1.65. The molecule has 0 aromatic carbocycles. The van der Waals surface area contributed by atoms with E-state index in [9.17, 15) is 9.90 Å². The predicted octanol–water partition coefficient (Wildman–Crippen LogP) is 2.23. The van der Waals surface area contributed by atoms with E-state index in [2.05, 4.69) is 22.2 Å². The lowest BCUT2D eigenvalue weighted by atomic mass is 9.76. The molecule has 1 fully saturated rings. The van der Waals surface area contributed by atoms with Gasteiger partial charge in [0.15, 0.2) is 0 Å². The summed E-state index contributed by atoms with van der Waals surface area (Å²) in [6.45, 7) is 3.97. The molecule has 18 heavy (non-hydrogen) atoms. The van der Waals surface area contributed by atoms with E-state index >= 15 is 0 Å². The molecule has 1 aromatic heterocycles. The number of aliphatic carboxylic acids is 1. The van der Waals surface area contributed by atoms with E-state index in [0.29, 0.717) is 24.6 Å². The summed E-state index contributed by atoms with van der Waals surface area (Å²) in [5.41, 5.74) is -0.0461. The Morgan fingerprint density at radius 3 is 2.94 bits per heavy atom. The van der Waals surface area contributed by atoms with Gasteiger partial charge in [0.25, 0.3) is 0 Å². The summed E-state index contributed by atoms with van der Waals surface area (Å²) >= 11 is 0. The van der Waals surface area contributed by atoms with Crippen molar-refractivity contribution in [2.45, 2.75) is 45.1 Å². The zero-order valence-corrected chi connectivity index (χ0v) is 10.8. The van der Waals surface area contributed by atoms with Crippen molar-refractivity contribution in [2.24, 2.45) is 5.92 Å². The summed E-state index contributed by atoms with van der Waals surface area (Å²) in [5.74, 6) is 0.231. The average Bonchev–Trinajstić information content (AvgIpc) is 2.28. The molecule has 0 saturated heterocycles. The fourth-order valence-corrected chi connectivity index (χ4v) is 2.68. The molecular formula is C13H19N3O2. The molecule has 2 unspecified atom stereocenters. The Bertz CT molecular complexity index is 450. The average molecular weight is 249 g/mol. The number of nitrogens with one attached hydrogen (secondary N) is 1. The van der Waals surface area contributed by atoms with Crippen molar-refractivity contribution in [1.29, 1.82) is 0 Å². The molecule has 1 aliphatic rings. The maximum absolute atomic E-state index is 11.6. The van der Waals surface area contributed by atoms with Crippen molar-refractivity contribution >= 4 is 11.8 Å². The lowest BCUT2D eigenvalue weighted by Gasteiger charge is -2.37. The van der Waals surface area contributed by atoms with Crippen LogP contribution in [0.1, 0.15) is 38.3 Å². The van der Waals surface area contributed by atoms with Gasteiger partial charge in [0, 0.05) is 11.8 Å². The van der Waals surface area contributed by atoms with Crippen molar-refractivity contribution in [3.05, 3.63) is 18.1 Å². The van der Waals surface area contributed by atoms with Crippen LogP contribution in [0.4, 0.5) is 5.82 Å². The zero-order valence-electron chi connectivity index (χ0n) is 10.8. The first-order chi connectivity index (χ1) is 8.52. The molecule has 0 aliphatic heterocycles. The third-order valence-electron chi connectivity index (χ3n) is 3.58. The first-order valence-corrected chi connectivity index (χ1v) is 6.32. The molecule has 5 heteroatoms. The van der Waals surface area contributed by atoms with Gasteiger partial charge < -0.3 is 10.4 Å². The summed E-state index contributed by atoms with van der Waals surface area (Å²) in [4.78, 5) is 19.7. The van der Waals surface area contributed by atoms with Crippen molar-refractivity contribution in [2.75, 3.05) is 5.32 Å². The molecule has 2 N–H and O–H groups in total. The highest BCUT2D eigenvalue weighted by molar-refractivity contribution is 5.82. The van der Waals surface area contributed by atoms with E-state index in [1.165, 1.54) is 6.33 Å². The summed E-state index contributed by atoms with van der Waals surface area (Å²) in [5, 5.41) is 12.6. The number of aryl methyl sites for hydroxylation is 1. The van der Waals surface area contributed by atoms with E-state index < -0.39 is 11.5 Å². The second kappa shape index (κ2) is 4.92. The Morgan fingerprint density at radius 2 is 2.33 bits per heavy atom. The van der Waals surface area contributed by atoms with Gasteiger partial charge in [-0.05, 0) is 25.7 Å². The lowest BCUT2D eigenvalue weighted by Crippen LogP contribution is -2.49. The second-order valence-corrected chi connectivity index (χ2v) is 5.26. The van der Waals surface area contributed by atoms with Gasteiger partial charge in [-0.3, -0.25) is 0 Å². The molecule has 1 aromatic rings. The number of rotatable bonds is 3. The van der Waals surface area contributed by atoms with E-state index in [0.717, 1.165) is 18.5 Å². The van der Waals surface area contributed by atoms with Crippen LogP contribution in [0.3, 0.4) is 0 Å². The number of aromatic nitrogens is 2. The van der Waals surface area contributed by atoms with Gasteiger partial charge in [-0.2, -0.15) is 0 Å². The number of hydrogen-bond donors (Lipinski definition) is 2. The molecule has 0 spiro atoms. The number of carbonyl (C=O) groups is 1. The van der Waals surface area contributed by atoms with E-state index in [1.54, 1.807) is 6.07 Å². The first-order valence-electron chi connectivity index (χ1n) is 6.32. The SMILES string of the molecule is Cc1cc(NC2(C(=O)O)CCCC(C)C2)ncn1. The quantitative estimate of drug-likeness (QED) is 0.859. The standard InChI is InChI=1S/C13H19N3O2/c1-9-4-3-5-13(7-9,12(17)18)16-11-6-10(2)14-8-15-11/h6,8-9H,3-5,7H2,1-2H3,(H,17,18)(H,14,15,16). The summed E-state index contributed by atoms with van der Waals surface area (Å²) in [7, 11) is 0. The lowest BCUT2D eigenvalue weighted by molar-refractivity contribution is -0.144. The van der Waals surface area contributed by atoms with Crippen molar-refractivity contribution < 1.29 is 9.90 Å². The van der Waals surface area contributed by atoms with Crippen molar-refractivity contribution in [3.8, 4) is 0 Å². The van der Waals surface area contributed by atoms with Crippen LogP contribution in [0.25, 0.3) is 0 Å². The smallest absolute Gasteiger partial charge is 0.329 e. The monoisotopic (exact) mass is 249 g/mol. The van der Waals surface area contributed by atoms with Gasteiger partial charge in [0.1, 0.15) is 17.7 Å². The molecule has 1 aliphatic carbocycles.